The van der Waals surface area contributed by atoms with Crippen molar-refractivity contribution in [3.05, 3.63) is 66.7 Å². The van der Waals surface area contributed by atoms with E-state index in [9.17, 15) is 9.59 Å². The number of hydrogen-bond donors (Lipinski definition) is 0. The molecule has 1 atom stereocenters. The molecule has 0 amide bonds. The summed E-state index contributed by atoms with van der Waals surface area (Å²) < 4.78 is 21.0. The van der Waals surface area contributed by atoms with Crippen molar-refractivity contribution in [2.24, 2.45) is 0 Å². The molecule has 6 nitrogen and oxygen atoms in total. The Hall–Kier alpha value is -3.28. The fourth-order valence-corrected chi connectivity index (χ4v) is 2.15. The standard InChI is InChI=1S/C21H22O6/c1-4-20(22)25-14-13-15(2)26-18-7-5-16(6-8-18)21(23)27-19-11-9-17(24-3)10-12-19/h4-12,15H,1,13-14H2,2-3H3. The molecule has 0 aromatic heterocycles. The van der Waals surface area contributed by atoms with Crippen LogP contribution in [-0.4, -0.2) is 31.8 Å². The van der Waals surface area contributed by atoms with Gasteiger partial charge in [0.1, 0.15) is 17.2 Å². The molecule has 0 saturated heterocycles. The molecule has 0 fully saturated rings. The van der Waals surface area contributed by atoms with Crippen molar-refractivity contribution in [3.63, 3.8) is 0 Å². The third-order valence-corrected chi connectivity index (χ3v) is 3.63. The Labute approximate surface area is 158 Å². The lowest BCUT2D eigenvalue weighted by molar-refractivity contribution is -0.138. The van der Waals surface area contributed by atoms with Crippen molar-refractivity contribution in [2.45, 2.75) is 19.4 Å². The van der Waals surface area contributed by atoms with Crippen LogP contribution in [0.4, 0.5) is 0 Å². The van der Waals surface area contributed by atoms with Crippen LogP contribution in [0.1, 0.15) is 23.7 Å². The number of esters is 2. The summed E-state index contributed by atoms with van der Waals surface area (Å²) in [6, 6.07) is 13.4. The summed E-state index contributed by atoms with van der Waals surface area (Å²) in [4.78, 5) is 23.2. The molecule has 0 radical (unpaired) electrons. The third kappa shape index (κ3) is 6.51. The van der Waals surface area contributed by atoms with Crippen LogP contribution in [0.3, 0.4) is 0 Å². The number of rotatable bonds is 9. The van der Waals surface area contributed by atoms with Crippen molar-refractivity contribution >= 4 is 11.9 Å². The zero-order valence-electron chi connectivity index (χ0n) is 15.3. The van der Waals surface area contributed by atoms with E-state index in [0.29, 0.717) is 29.2 Å². The fraction of sp³-hybridized carbons (Fsp3) is 0.238. The third-order valence-electron chi connectivity index (χ3n) is 3.63. The first-order chi connectivity index (χ1) is 13.0. The van der Waals surface area contributed by atoms with Gasteiger partial charge in [0.15, 0.2) is 0 Å². The van der Waals surface area contributed by atoms with Crippen LogP contribution in [0.2, 0.25) is 0 Å². The molecule has 0 N–H and O–H groups in total. The van der Waals surface area contributed by atoms with Gasteiger partial charge in [-0.25, -0.2) is 9.59 Å². The van der Waals surface area contributed by atoms with Gasteiger partial charge in [-0.3, -0.25) is 0 Å². The van der Waals surface area contributed by atoms with Crippen molar-refractivity contribution in [2.75, 3.05) is 13.7 Å². The first-order valence-corrected chi connectivity index (χ1v) is 8.44. The first-order valence-electron chi connectivity index (χ1n) is 8.44. The minimum Gasteiger partial charge on any atom is -0.497 e. The summed E-state index contributed by atoms with van der Waals surface area (Å²) in [5.41, 5.74) is 0.408. The van der Waals surface area contributed by atoms with Crippen molar-refractivity contribution < 1.29 is 28.5 Å². The van der Waals surface area contributed by atoms with E-state index in [1.165, 1.54) is 0 Å². The van der Waals surface area contributed by atoms with E-state index in [2.05, 4.69) is 6.58 Å². The van der Waals surface area contributed by atoms with Crippen LogP contribution in [-0.2, 0) is 9.53 Å². The topological polar surface area (TPSA) is 71.1 Å². The zero-order chi connectivity index (χ0) is 19.6. The molecule has 6 heteroatoms. The van der Waals surface area contributed by atoms with E-state index in [4.69, 9.17) is 18.9 Å². The molecule has 0 aliphatic rings. The second-order valence-electron chi connectivity index (χ2n) is 5.68. The smallest absolute Gasteiger partial charge is 0.343 e. The van der Waals surface area contributed by atoms with Crippen LogP contribution in [0.25, 0.3) is 0 Å². The number of ether oxygens (including phenoxy) is 4. The predicted molar refractivity (Wildman–Crippen MR) is 100 cm³/mol. The first kappa shape index (κ1) is 20.0. The Morgan fingerprint density at radius 1 is 1.00 bits per heavy atom. The molecule has 0 aliphatic heterocycles. The number of carbonyl (C=O) groups excluding carboxylic acids is 2. The van der Waals surface area contributed by atoms with Gasteiger partial charge in [-0.05, 0) is 55.5 Å². The summed E-state index contributed by atoms with van der Waals surface area (Å²) in [6.45, 7) is 5.45. The van der Waals surface area contributed by atoms with Crippen LogP contribution in [0.15, 0.2) is 61.2 Å². The SMILES string of the molecule is C=CC(=O)OCCC(C)Oc1ccc(C(=O)Oc2ccc(OC)cc2)cc1. The van der Waals surface area contributed by atoms with Crippen LogP contribution in [0.5, 0.6) is 17.2 Å². The van der Waals surface area contributed by atoms with Gasteiger partial charge in [0, 0.05) is 12.5 Å². The summed E-state index contributed by atoms with van der Waals surface area (Å²) in [5.74, 6) is 0.810. The minimum atomic E-state index is -0.462. The van der Waals surface area contributed by atoms with E-state index >= 15 is 0 Å². The second kappa shape index (κ2) is 10.0. The lowest BCUT2D eigenvalue weighted by atomic mass is 10.2. The van der Waals surface area contributed by atoms with E-state index in [1.54, 1.807) is 55.6 Å². The quantitative estimate of drug-likeness (QED) is 0.380. The van der Waals surface area contributed by atoms with Gasteiger partial charge < -0.3 is 18.9 Å². The second-order valence-corrected chi connectivity index (χ2v) is 5.68. The number of carbonyl (C=O) groups is 2. The number of benzene rings is 2. The highest BCUT2D eigenvalue weighted by Crippen LogP contribution is 2.20. The lowest BCUT2D eigenvalue weighted by Gasteiger charge is -2.14. The van der Waals surface area contributed by atoms with Crippen molar-refractivity contribution in [1.82, 2.24) is 0 Å². The van der Waals surface area contributed by atoms with Gasteiger partial charge in [-0.1, -0.05) is 6.58 Å². The normalized spacial score (nSPS) is 11.2. The highest BCUT2D eigenvalue weighted by Gasteiger charge is 2.10. The fourth-order valence-electron chi connectivity index (χ4n) is 2.15. The highest BCUT2D eigenvalue weighted by molar-refractivity contribution is 5.91. The molecular weight excluding hydrogens is 348 g/mol. The molecule has 2 rings (SSSR count). The Morgan fingerprint density at radius 2 is 1.59 bits per heavy atom. The average Bonchev–Trinajstić information content (AvgIpc) is 2.68. The van der Waals surface area contributed by atoms with Crippen LogP contribution >= 0.6 is 0 Å². The average molecular weight is 370 g/mol. The summed E-state index contributed by atoms with van der Waals surface area (Å²) in [5, 5.41) is 0. The Balaban J connectivity index is 1.85. The largest absolute Gasteiger partial charge is 0.497 e. The van der Waals surface area contributed by atoms with Crippen LogP contribution < -0.4 is 14.2 Å². The minimum absolute atomic E-state index is 0.153. The molecule has 0 saturated carbocycles. The van der Waals surface area contributed by atoms with Gasteiger partial charge in [0.2, 0.25) is 0 Å². The maximum Gasteiger partial charge on any atom is 0.343 e. The summed E-state index contributed by atoms with van der Waals surface area (Å²) in [7, 11) is 1.57. The number of hydrogen-bond acceptors (Lipinski definition) is 6. The van der Waals surface area contributed by atoms with E-state index < -0.39 is 11.9 Å². The van der Waals surface area contributed by atoms with E-state index in [0.717, 1.165) is 6.08 Å². The Kier molecular flexibility index (Phi) is 7.43. The zero-order valence-corrected chi connectivity index (χ0v) is 15.3. The van der Waals surface area contributed by atoms with Crippen LogP contribution in [0, 0.1) is 0 Å². The van der Waals surface area contributed by atoms with E-state index in [-0.39, 0.29) is 12.7 Å². The maximum absolute atomic E-state index is 12.2. The summed E-state index contributed by atoms with van der Waals surface area (Å²) in [6.07, 6.45) is 1.51. The molecule has 2 aromatic carbocycles. The van der Waals surface area contributed by atoms with Gasteiger partial charge in [-0.2, -0.15) is 0 Å². The molecule has 2 aromatic rings. The van der Waals surface area contributed by atoms with Crippen molar-refractivity contribution in [3.8, 4) is 17.2 Å². The van der Waals surface area contributed by atoms with Gasteiger partial charge in [-0.15, -0.1) is 0 Å². The Bertz CT molecular complexity index is 764. The van der Waals surface area contributed by atoms with Crippen molar-refractivity contribution in [1.29, 1.82) is 0 Å². The molecular formula is C21H22O6. The van der Waals surface area contributed by atoms with Gasteiger partial charge >= 0.3 is 11.9 Å². The molecule has 0 heterocycles. The highest BCUT2D eigenvalue weighted by atomic mass is 16.5. The molecule has 1 unspecified atom stereocenters. The molecule has 142 valence electrons. The molecule has 0 spiro atoms. The van der Waals surface area contributed by atoms with E-state index in [1.807, 2.05) is 6.92 Å². The summed E-state index contributed by atoms with van der Waals surface area (Å²) >= 11 is 0. The predicted octanol–water partition coefficient (Wildman–Crippen LogP) is 3.80. The monoisotopic (exact) mass is 370 g/mol. The molecule has 27 heavy (non-hydrogen) atoms. The maximum atomic E-state index is 12.2. The Morgan fingerprint density at radius 3 is 2.19 bits per heavy atom. The molecule has 0 bridgehead atoms. The lowest BCUT2D eigenvalue weighted by Crippen LogP contribution is -2.16. The molecule has 0 aliphatic carbocycles. The van der Waals surface area contributed by atoms with Gasteiger partial charge in [0.25, 0.3) is 0 Å². The number of methoxy groups -OCH3 is 1. The van der Waals surface area contributed by atoms with Gasteiger partial charge in [0.05, 0.1) is 25.4 Å².